The van der Waals surface area contributed by atoms with E-state index in [1.165, 1.54) is 0 Å². The van der Waals surface area contributed by atoms with Crippen molar-refractivity contribution in [2.45, 2.75) is 26.2 Å². The minimum absolute atomic E-state index is 0. The second-order valence-corrected chi connectivity index (χ2v) is 5.31. The SMILES string of the molecule is CCC(=O)c1ccc(OCCCCN2CCOCC2)cc1.Cl. The molecule has 0 spiro atoms. The third-order valence-corrected chi connectivity index (χ3v) is 3.74. The van der Waals surface area contributed by atoms with Gasteiger partial charge in [0.1, 0.15) is 5.75 Å². The number of benzene rings is 1. The molecule has 2 rings (SSSR count). The summed E-state index contributed by atoms with van der Waals surface area (Å²) in [5.74, 6) is 1.01. The smallest absolute Gasteiger partial charge is 0.162 e. The van der Waals surface area contributed by atoms with Gasteiger partial charge in [0.15, 0.2) is 5.78 Å². The minimum Gasteiger partial charge on any atom is -0.494 e. The molecule has 1 aromatic carbocycles. The molecule has 1 fully saturated rings. The number of ketones is 1. The monoisotopic (exact) mass is 327 g/mol. The summed E-state index contributed by atoms with van der Waals surface area (Å²) < 4.78 is 11.0. The summed E-state index contributed by atoms with van der Waals surface area (Å²) in [4.78, 5) is 14.0. The highest BCUT2D eigenvalue weighted by atomic mass is 35.5. The standard InChI is InChI=1S/C17H25NO3.ClH/c1-2-17(19)15-5-7-16(8-6-15)21-12-4-3-9-18-10-13-20-14-11-18;/h5-8H,2-4,9-14H2,1H3;1H. The van der Waals surface area contributed by atoms with Gasteiger partial charge in [-0.15, -0.1) is 12.4 Å². The largest absolute Gasteiger partial charge is 0.494 e. The van der Waals surface area contributed by atoms with Gasteiger partial charge in [0.2, 0.25) is 0 Å². The summed E-state index contributed by atoms with van der Waals surface area (Å²) in [5, 5.41) is 0. The zero-order chi connectivity index (χ0) is 14.9. The number of halogens is 1. The molecule has 1 saturated heterocycles. The Labute approximate surface area is 139 Å². The molecule has 0 aliphatic carbocycles. The molecule has 0 bridgehead atoms. The molecule has 0 atom stereocenters. The molecule has 4 nitrogen and oxygen atoms in total. The van der Waals surface area contributed by atoms with Crippen LogP contribution in [0, 0.1) is 0 Å². The molecule has 0 amide bonds. The Morgan fingerprint density at radius 2 is 1.86 bits per heavy atom. The maximum Gasteiger partial charge on any atom is 0.162 e. The van der Waals surface area contributed by atoms with Gasteiger partial charge >= 0.3 is 0 Å². The van der Waals surface area contributed by atoms with E-state index in [1.807, 2.05) is 31.2 Å². The van der Waals surface area contributed by atoms with E-state index in [2.05, 4.69) is 4.90 Å². The highest BCUT2D eigenvalue weighted by Crippen LogP contribution is 2.14. The number of carbonyl (C=O) groups excluding carboxylic acids is 1. The molecule has 124 valence electrons. The maximum atomic E-state index is 11.5. The fourth-order valence-electron chi connectivity index (χ4n) is 2.39. The Balaban J connectivity index is 0.00000242. The molecular formula is C17H26ClNO3. The summed E-state index contributed by atoms with van der Waals surface area (Å²) in [7, 11) is 0. The van der Waals surface area contributed by atoms with E-state index in [-0.39, 0.29) is 18.2 Å². The molecule has 0 radical (unpaired) electrons. The lowest BCUT2D eigenvalue weighted by atomic mass is 10.1. The van der Waals surface area contributed by atoms with Crippen molar-refractivity contribution >= 4 is 18.2 Å². The van der Waals surface area contributed by atoms with Crippen molar-refractivity contribution in [3.8, 4) is 5.75 Å². The first kappa shape index (κ1) is 18.9. The van der Waals surface area contributed by atoms with Crippen LogP contribution in [0.2, 0.25) is 0 Å². The zero-order valence-electron chi connectivity index (χ0n) is 13.3. The van der Waals surface area contributed by atoms with Gasteiger partial charge in [-0.3, -0.25) is 9.69 Å². The van der Waals surface area contributed by atoms with Crippen LogP contribution in [0.1, 0.15) is 36.5 Å². The fourth-order valence-corrected chi connectivity index (χ4v) is 2.39. The first-order valence-corrected chi connectivity index (χ1v) is 7.85. The summed E-state index contributed by atoms with van der Waals surface area (Å²) in [6.07, 6.45) is 2.74. The topological polar surface area (TPSA) is 38.8 Å². The Morgan fingerprint density at radius 1 is 1.18 bits per heavy atom. The van der Waals surface area contributed by atoms with Crippen LogP contribution in [0.3, 0.4) is 0 Å². The average Bonchev–Trinajstić information content (AvgIpc) is 2.55. The van der Waals surface area contributed by atoms with Gasteiger partial charge in [-0.1, -0.05) is 6.92 Å². The zero-order valence-corrected chi connectivity index (χ0v) is 14.1. The van der Waals surface area contributed by atoms with Crippen molar-refractivity contribution < 1.29 is 14.3 Å². The van der Waals surface area contributed by atoms with Crippen LogP contribution in [0.15, 0.2) is 24.3 Å². The fraction of sp³-hybridized carbons (Fsp3) is 0.588. The van der Waals surface area contributed by atoms with Gasteiger partial charge in [-0.2, -0.15) is 0 Å². The molecule has 1 heterocycles. The van der Waals surface area contributed by atoms with Crippen LogP contribution in [-0.2, 0) is 4.74 Å². The molecule has 0 N–H and O–H groups in total. The van der Waals surface area contributed by atoms with E-state index in [0.29, 0.717) is 6.42 Å². The van der Waals surface area contributed by atoms with Crippen molar-refractivity contribution in [3.63, 3.8) is 0 Å². The lowest BCUT2D eigenvalue weighted by molar-refractivity contribution is 0.0368. The second-order valence-electron chi connectivity index (χ2n) is 5.31. The number of rotatable bonds is 8. The number of carbonyl (C=O) groups is 1. The van der Waals surface area contributed by atoms with Gasteiger partial charge < -0.3 is 9.47 Å². The van der Waals surface area contributed by atoms with Gasteiger partial charge in [0, 0.05) is 25.1 Å². The first-order valence-electron chi connectivity index (χ1n) is 7.85. The molecule has 0 saturated carbocycles. The van der Waals surface area contributed by atoms with Crippen LogP contribution >= 0.6 is 12.4 Å². The third-order valence-electron chi connectivity index (χ3n) is 3.74. The van der Waals surface area contributed by atoms with Crippen molar-refractivity contribution in [1.82, 2.24) is 4.90 Å². The average molecular weight is 328 g/mol. The molecule has 1 aliphatic rings. The van der Waals surface area contributed by atoms with Crippen LogP contribution in [0.4, 0.5) is 0 Å². The molecular weight excluding hydrogens is 302 g/mol. The Bertz CT molecular complexity index is 430. The number of morpholine rings is 1. The molecule has 0 aromatic heterocycles. The summed E-state index contributed by atoms with van der Waals surface area (Å²) in [6.45, 7) is 7.55. The highest BCUT2D eigenvalue weighted by molar-refractivity contribution is 5.95. The van der Waals surface area contributed by atoms with E-state index in [4.69, 9.17) is 9.47 Å². The lowest BCUT2D eigenvalue weighted by Gasteiger charge is -2.26. The third kappa shape index (κ3) is 6.34. The molecule has 5 heteroatoms. The Morgan fingerprint density at radius 3 is 2.50 bits per heavy atom. The van der Waals surface area contributed by atoms with Gasteiger partial charge in [-0.05, 0) is 43.7 Å². The van der Waals surface area contributed by atoms with Gasteiger partial charge in [-0.25, -0.2) is 0 Å². The first-order chi connectivity index (χ1) is 10.3. The lowest BCUT2D eigenvalue weighted by Crippen LogP contribution is -2.36. The second kappa shape index (κ2) is 10.6. The summed E-state index contributed by atoms with van der Waals surface area (Å²) in [5.41, 5.74) is 0.761. The number of nitrogens with zero attached hydrogens (tertiary/aromatic N) is 1. The summed E-state index contributed by atoms with van der Waals surface area (Å²) in [6, 6.07) is 7.44. The number of ether oxygens (including phenoxy) is 2. The number of unbranched alkanes of at least 4 members (excludes halogenated alkanes) is 1. The predicted octanol–water partition coefficient (Wildman–Crippen LogP) is 3.19. The van der Waals surface area contributed by atoms with Crippen molar-refractivity contribution in [2.24, 2.45) is 0 Å². The highest BCUT2D eigenvalue weighted by Gasteiger charge is 2.09. The van der Waals surface area contributed by atoms with Crippen molar-refractivity contribution in [2.75, 3.05) is 39.5 Å². The van der Waals surface area contributed by atoms with Gasteiger partial charge in [0.05, 0.1) is 19.8 Å². The molecule has 22 heavy (non-hydrogen) atoms. The maximum absolute atomic E-state index is 11.5. The number of hydrogen-bond donors (Lipinski definition) is 0. The quantitative estimate of drug-likeness (QED) is 0.543. The van der Waals surface area contributed by atoms with Gasteiger partial charge in [0.25, 0.3) is 0 Å². The molecule has 1 aliphatic heterocycles. The van der Waals surface area contributed by atoms with Crippen molar-refractivity contribution in [3.05, 3.63) is 29.8 Å². The molecule has 1 aromatic rings. The van der Waals surface area contributed by atoms with E-state index in [1.54, 1.807) is 0 Å². The number of Topliss-reactive ketones (excluding diaryl/α,β-unsaturated/α-hetero) is 1. The number of hydrogen-bond acceptors (Lipinski definition) is 4. The minimum atomic E-state index is 0. The van der Waals surface area contributed by atoms with E-state index in [9.17, 15) is 4.79 Å². The van der Waals surface area contributed by atoms with Crippen molar-refractivity contribution in [1.29, 1.82) is 0 Å². The summed E-state index contributed by atoms with van der Waals surface area (Å²) >= 11 is 0. The van der Waals surface area contributed by atoms with Crippen LogP contribution < -0.4 is 4.74 Å². The Hall–Kier alpha value is -1.10. The predicted molar refractivity (Wildman–Crippen MR) is 90.3 cm³/mol. The Kier molecular flexibility index (Phi) is 9.13. The van der Waals surface area contributed by atoms with Crippen LogP contribution in [0.5, 0.6) is 5.75 Å². The molecule has 0 unspecified atom stereocenters. The van der Waals surface area contributed by atoms with Crippen LogP contribution in [-0.4, -0.2) is 50.1 Å². The van der Waals surface area contributed by atoms with E-state index >= 15 is 0 Å². The normalized spacial score (nSPS) is 15.1. The van der Waals surface area contributed by atoms with E-state index < -0.39 is 0 Å². The van der Waals surface area contributed by atoms with E-state index in [0.717, 1.165) is 63.6 Å². The van der Waals surface area contributed by atoms with Crippen LogP contribution in [0.25, 0.3) is 0 Å².